The maximum Gasteiger partial charge on any atom is 0.494 e. The van der Waals surface area contributed by atoms with Crippen molar-refractivity contribution in [2.24, 2.45) is 0 Å². The second-order valence-electron chi connectivity index (χ2n) is 8.09. The standard InChI is InChI=1S/C20H21BF4N2O3/c1-18(2)19(3,4)30-21(29-18)13-6-5-12(15(22)10-13)9-17(28)27-14-7-8-26-16(11-14)20(23,24)25/h5-8,10-11H,9H2,1-4H3,(H,26,27,28). The van der Waals surface area contributed by atoms with Gasteiger partial charge in [-0.3, -0.25) is 9.78 Å². The Morgan fingerprint density at radius 2 is 1.73 bits per heavy atom. The molecule has 3 rings (SSSR count). The Bertz CT molecular complexity index is 947. The van der Waals surface area contributed by atoms with E-state index in [4.69, 9.17) is 9.31 Å². The van der Waals surface area contributed by atoms with Crippen molar-refractivity contribution in [3.05, 3.63) is 53.6 Å². The number of carbonyl (C=O) groups is 1. The molecule has 0 radical (unpaired) electrons. The molecule has 30 heavy (non-hydrogen) atoms. The molecule has 1 aromatic carbocycles. The van der Waals surface area contributed by atoms with E-state index in [0.29, 0.717) is 5.46 Å². The second-order valence-corrected chi connectivity index (χ2v) is 8.09. The maximum absolute atomic E-state index is 14.6. The Balaban J connectivity index is 1.69. The number of halogens is 4. The fourth-order valence-corrected chi connectivity index (χ4v) is 2.87. The third-order valence-electron chi connectivity index (χ3n) is 5.29. The molecule has 160 valence electrons. The smallest absolute Gasteiger partial charge is 0.399 e. The Labute approximate surface area is 171 Å². The minimum Gasteiger partial charge on any atom is -0.399 e. The number of benzene rings is 1. The zero-order valence-electron chi connectivity index (χ0n) is 16.9. The summed E-state index contributed by atoms with van der Waals surface area (Å²) in [4.78, 5) is 15.4. The van der Waals surface area contributed by atoms with Crippen LogP contribution >= 0.6 is 0 Å². The molecule has 1 amide bonds. The molecule has 0 atom stereocenters. The topological polar surface area (TPSA) is 60.5 Å². The number of nitrogens with zero attached hydrogens (tertiary/aromatic N) is 1. The highest BCUT2D eigenvalue weighted by Gasteiger charge is 2.51. The number of aromatic nitrogens is 1. The van der Waals surface area contributed by atoms with Gasteiger partial charge in [-0.25, -0.2) is 4.39 Å². The first-order valence-corrected chi connectivity index (χ1v) is 9.25. The predicted molar refractivity (Wildman–Crippen MR) is 104 cm³/mol. The van der Waals surface area contributed by atoms with Gasteiger partial charge in [-0.1, -0.05) is 12.1 Å². The Morgan fingerprint density at radius 3 is 2.30 bits per heavy atom. The number of hydrogen-bond acceptors (Lipinski definition) is 4. The highest BCUT2D eigenvalue weighted by atomic mass is 19.4. The third-order valence-corrected chi connectivity index (χ3v) is 5.29. The van der Waals surface area contributed by atoms with Gasteiger partial charge in [0.2, 0.25) is 5.91 Å². The van der Waals surface area contributed by atoms with Gasteiger partial charge >= 0.3 is 13.3 Å². The van der Waals surface area contributed by atoms with Crippen LogP contribution in [0.5, 0.6) is 0 Å². The van der Waals surface area contributed by atoms with E-state index < -0.39 is 41.9 Å². The lowest BCUT2D eigenvalue weighted by Crippen LogP contribution is -2.41. The quantitative estimate of drug-likeness (QED) is 0.601. The summed E-state index contributed by atoms with van der Waals surface area (Å²) in [5.74, 6) is -1.29. The van der Waals surface area contributed by atoms with E-state index in [-0.39, 0.29) is 17.7 Å². The average Bonchev–Trinajstić information content (AvgIpc) is 2.84. The van der Waals surface area contributed by atoms with Crippen LogP contribution in [-0.4, -0.2) is 29.2 Å². The molecule has 5 nitrogen and oxygen atoms in total. The van der Waals surface area contributed by atoms with Crippen molar-refractivity contribution in [3.8, 4) is 0 Å². The number of alkyl halides is 3. The highest BCUT2D eigenvalue weighted by Crippen LogP contribution is 2.36. The molecule has 0 unspecified atom stereocenters. The van der Waals surface area contributed by atoms with E-state index in [9.17, 15) is 22.4 Å². The summed E-state index contributed by atoms with van der Waals surface area (Å²) in [5, 5.41) is 2.33. The summed E-state index contributed by atoms with van der Waals surface area (Å²) >= 11 is 0. The molecule has 1 aliphatic rings. The van der Waals surface area contributed by atoms with Crippen LogP contribution in [0, 0.1) is 5.82 Å². The molecule has 2 heterocycles. The zero-order valence-corrected chi connectivity index (χ0v) is 16.9. The predicted octanol–water partition coefficient (Wildman–Crippen LogP) is 3.72. The first-order chi connectivity index (χ1) is 13.8. The summed E-state index contributed by atoms with van der Waals surface area (Å²) in [5.41, 5.74) is -1.79. The third kappa shape index (κ3) is 4.65. The molecule has 2 aromatic rings. The van der Waals surface area contributed by atoms with Crippen molar-refractivity contribution in [2.45, 2.75) is 51.5 Å². The molecule has 1 saturated heterocycles. The van der Waals surface area contributed by atoms with Gasteiger partial charge in [0.05, 0.1) is 17.6 Å². The number of hydrogen-bond donors (Lipinski definition) is 1. The number of nitrogens with one attached hydrogen (secondary N) is 1. The molecule has 0 bridgehead atoms. The second kappa shape index (κ2) is 7.66. The van der Waals surface area contributed by atoms with Crippen molar-refractivity contribution in [1.82, 2.24) is 4.98 Å². The number of anilines is 1. The van der Waals surface area contributed by atoms with Crippen LogP contribution < -0.4 is 10.8 Å². The Kier molecular flexibility index (Phi) is 5.68. The summed E-state index contributed by atoms with van der Waals surface area (Å²) in [7, 11) is -0.745. The van der Waals surface area contributed by atoms with Gasteiger partial charge in [0.15, 0.2) is 0 Å². The van der Waals surface area contributed by atoms with Crippen LogP contribution in [0.15, 0.2) is 36.5 Å². The van der Waals surface area contributed by atoms with Gasteiger partial charge in [-0.2, -0.15) is 13.2 Å². The lowest BCUT2D eigenvalue weighted by atomic mass is 9.78. The van der Waals surface area contributed by atoms with Gasteiger partial charge in [0.1, 0.15) is 11.5 Å². The summed E-state index contributed by atoms with van der Waals surface area (Å²) in [6.45, 7) is 7.52. The monoisotopic (exact) mass is 424 g/mol. The van der Waals surface area contributed by atoms with Gasteiger partial charge in [-0.15, -0.1) is 0 Å². The van der Waals surface area contributed by atoms with Crippen LogP contribution in [0.4, 0.5) is 23.2 Å². The molecular formula is C20H21BF4N2O3. The van der Waals surface area contributed by atoms with Crippen molar-refractivity contribution in [2.75, 3.05) is 5.32 Å². The first kappa shape index (κ1) is 22.2. The van der Waals surface area contributed by atoms with Gasteiger partial charge in [0.25, 0.3) is 0 Å². The van der Waals surface area contributed by atoms with E-state index in [2.05, 4.69) is 10.3 Å². The van der Waals surface area contributed by atoms with Crippen molar-refractivity contribution in [3.63, 3.8) is 0 Å². The number of pyridine rings is 1. The largest absolute Gasteiger partial charge is 0.494 e. The zero-order chi connectivity index (χ0) is 22.3. The minimum absolute atomic E-state index is 0.0726. The fourth-order valence-electron chi connectivity index (χ4n) is 2.87. The lowest BCUT2D eigenvalue weighted by molar-refractivity contribution is -0.141. The van der Waals surface area contributed by atoms with Crippen LogP contribution in [0.3, 0.4) is 0 Å². The van der Waals surface area contributed by atoms with Crippen molar-refractivity contribution < 1.29 is 31.7 Å². The van der Waals surface area contributed by atoms with Crippen molar-refractivity contribution >= 4 is 24.2 Å². The first-order valence-electron chi connectivity index (χ1n) is 9.25. The molecule has 0 aliphatic carbocycles. The van der Waals surface area contributed by atoms with E-state index in [1.54, 1.807) is 6.07 Å². The van der Waals surface area contributed by atoms with Crippen molar-refractivity contribution in [1.29, 1.82) is 0 Å². The molecule has 1 fully saturated rings. The van der Waals surface area contributed by atoms with Gasteiger partial charge < -0.3 is 14.6 Å². The number of carbonyl (C=O) groups excluding carboxylic acids is 1. The Hall–Kier alpha value is -2.46. The number of rotatable bonds is 4. The highest BCUT2D eigenvalue weighted by molar-refractivity contribution is 6.62. The van der Waals surface area contributed by atoms with E-state index in [1.165, 1.54) is 18.2 Å². The lowest BCUT2D eigenvalue weighted by Gasteiger charge is -2.32. The average molecular weight is 424 g/mol. The Morgan fingerprint density at radius 1 is 1.10 bits per heavy atom. The molecule has 1 aromatic heterocycles. The van der Waals surface area contributed by atoms with Crippen LogP contribution in [0.25, 0.3) is 0 Å². The van der Waals surface area contributed by atoms with Gasteiger partial charge in [0, 0.05) is 11.9 Å². The van der Waals surface area contributed by atoms with E-state index in [1.807, 2.05) is 27.7 Å². The van der Waals surface area contributed by atoms with Crippen LogP contribution in [-0.2, 0) is 26.7 Å². The molecule has 1 aliphatic heterocycles. The molecule has 10 heteroatoms. The maximum atomic E-state index is 14.6. The summed E-state index contributed by atoms with van der Waals surface area (Å²) in [6, 6.07) is 6.21. The molecule has 1 N–H and O–H groups in total. The normalized spacial score (nSPS) is 17.8. The van der Waals surface area contributed by atoms with Crippen LogP contribution in [0.1, 0.15) is 39.0 Å². The van der Waals surface area contributed by atoms with Crippen LogP contribution in [0.2, 0.25) is 0 Å². The van der Waals surface area contributed by atoms with E-state index >= 15 is 0 Å². The fraction of sp³-hybridized carbons (Fsp3) is 0.400. The number of amides is 1. The molecule has 0 spiro atoms. The van der Waals surface area contributed by atoms with E-state index in [0.717, 1.165) is 12.3 Å². The summed E-state index contributed by atoms with van der Waals surface area (Å²) < 4.78 is 64.5. The minimum atomic E-state index is -4.63. The summed E-state index contributed by atoms with van der Waals surface area (Å²) in [6.07, 6.45) is -4.03. The molecular weight excluding hydrogens is 403 g/mol. The van der Waals surface area contributed by atoms with Gasteiger partial charge in [-0.05, 0) is 56.9 Å². The molecule has 0 saturated carbocycles. The SMILES string of the molecule is CC1(C)OB(c2ccc(CC(=O)Nc3ccnc(C(F)(F)F)c3)c(F)c2)OC1(C)C.